The molecule has 0 aliphatic carbocycles. The Morgan fingerprint density at radius 1 is 1.28 bits per heavy atom. The van der Waals surface area contributed by atoms with Crippen molar-refractivity contribution >= 4 is 11.7 Å². The third-order valence-electron chi connectivity index (χ3n) is 5.66. The number of hydrogen-bond acceptors (Lipinski definition) is 6. The highest BCUT2D eigenvalue weighted by molar-refractivity contribution is 5.81. The standard InChI is InChI=1S/C22H25F2N5O3/c1-3-17(32-19-9-5-4-8-18(19)31-2)21(30)28-10-6-7-14(12-28)15-11-16(20(23)24)29-22(27-15)25-13-26-29/h4-5,8-9,11,13-14,17,20H,3,6-7,10,12H2,1-2H3/t14-,17+/m0/s1. The van der Waals surface area contributed by atoms with Crippen LogP contribution < -0.4 is 9.47 Å². The summed E-state index contributed by atoms with van der Waals surface area (Å²) in [4.78, 5) is 23.4. The summed E-state index contributed by atoms with van der Waals surface area (Å²) in [5.74, 6) is 0.883. The molecule has 0 unspecified atom stereocenters. The second-order valence-electron chi connectivity index (χ2n) is 7.67. The first-order valence-corrected chi connectivity index (χ1v) is 10.6. The van der Waals surface area contributed by atoms with E-state index < -0.39 is 12.5 Å². The minimum absolute atomic E-state index is 0.132. The van der Waals surface area contributed by atoms with Gasteiger partial charge in [0.2, 0.25) is 0 Å². The number of ether oxygens (including phenoxy) is 2. The number of benzene rings is 1. The molecule has 170 valence electrons. The van der Waals surface area contributed by atoms with E-state index in [0.29, 0.717) is 36.7 Å². The molecule has 3 aromatic rings. The predicted octanol–water partition coefficient (Wildman–Crippen LogP) is 3.63. The zero-order chi connectivity index (χ0) is 22.7. The van der Waals surface area contributed by atoms with Crippen LogP contribution in [0.15, 0.2) is 36.7 Å². The van der Waals surface area contributed by atoms with E-state index in [-0.39, 0.29) is 23.3 Å². The van der Waals surface area contributed by atoms with Crippen molar-refractivity contribution in [2.75, 3.05) is 20.2 Å². The minimum Gasteiger partial charge on any atom is -0.493 e. The Bertz CT molecular complexity index is 1090. The van der Waals surface area contributed by atoms with Gasteiger partial charge in [0.15, 0.2) is 17.6 Å². The second kappa shape index (κ2) is 9.46. The van der Waals surface area contributed by atoms with E-state index in [4.69, 9.17) is 9.47 Å². The number of hydrogen-bond donors (Lipinski definition) is 0. The van der Waals surface area contributed by atoms with Crippen LogP contribution in [0, 0.1) is 0 Å². The number of carbonyl (C=O) groups excluding carboxylic acids is 1. The number of carbonyl (C=O) groups is 1. The van der Waals surface area contributed by atoms with Gasteiger partial charge < -0.3 is 14.4 Å². The Morgan fingerprint density at radius 3 is 2.78 bits per heavy atom. The summed E-state index contributed by atoms with van der Waals surface area (Å²) in [6.07, 6.45) is -0.207. The van der Waals surface area contributed by atoms with Gasteiger partial charge in [-0.05, 0) is 37.5 Å². The van der Waals surface area contributed by atoms with Crippen LogP contribution >= 0.6 is 0 Å². The largest absolute Gasteiger partial charge is 0.493 e. The molecule has 8 nitrogen and oxygen atoms in total. The fourth-order valence-corrected chi connectivity index (χ4v) is 4.02. The maximum absolute atomic E-state index is 13.5. The molecule has 3 heterocycles. The Morgan fingerprint density at radius 2 is 2.06 bits per heavy atom. The highest BCUT2D eigenvalue weighted by atomic mass is 19.3. The molecule has 10 heteroatoms. The van der Waals surface area contributed by atoms with Crippen LogP contribution in [0.4, 0.5) is 8.78 Å². The molecule has 1 aromatic carbocycles. The van der Waals surface area contributed by atoms with Crippen LogP contribution in [0.1, 0.15) is 49.9 Å². The van der Waals surface area contributed by atoms with Crippen LogP contribution in [-0.4, -0.2) is 56.7 Å². The molecular formula is C22H25F2N5O3. The molecule has 0 saturated carbocycles. The zero-order valence-electron chi connectivity index (χ0n) is 17.9. The molecule has 1 saturated heterocycles. The summed E-state index contributed by atoms with van der Waals surface area (Å²) in [5, 5.41) is 3.83. The van der Waals surface area contributed by atoms with E-state index in [1.807, 2.05) is 19.1 Å². The van der Waals surface area contributed by atoms with Gasteiger partial charge >= 0.3 is 0 Å². The summed E-state index contributed by atoms with van der Waals surface area (Å²) in [5.41, 5.74) is 0.244. The Hall–Kier alpha value is -3.30. The van der Waals surface area contributed by atoms with E-state index in [0.717, 1.165) is 17.4 Å². The molecule has 1 fully saturated rings. The third kappa shape index (κ3) is 4.35. The monoisotopic (exact) mass is 445 g/mol. The van der Waals surface area contributed by atoms with Gasteiger partial charge in [-0.25, -0.2) is 13.8 Å². The summed E-state index contributed by atoms with van der Waals surface area (Å²) in [6, 6.07) is 8.55. The van der Waals surface area contributed by atoms with Crippen LogP contribution in [0.2, 0.25) is 0 Å². The van der Waals surface area contributed by atoms with E-state index >= 15 is 0 Å². The van der Waals surface area contributed by atoms with Crippen LogP contribution in [0.25, 0.3) is 5.78 Å². The number of methoxy groups -OCH3 is 1. The molecule has 32 heavy (non-hydrogen) atoms. The number of para-hydroxylation sites is 2. The van der Waals surface area contributed by atoms with Gasteiger partial charge in [0, 0.05) is 19.0 Å². The van der Waals surface area contributed by atoms with Crippen molar-refractivity contribution in [2.45, 2.75) is 44.6 Å². The van der Waals surface area contributed by atoms with Crippen molar-refractivity contribution in [3.8, 4) is 11.5 Å². The van der Waals surface area contributed by atoms with Crippen LogP contribution in [0.5, 0.6) is 11.5 Å². The van der Waals surface area contributed by atoms with E-state index in [1.54, 1.807) is 24.1 Å². The van der Waals surface area contributed by atoms with Crippen molar-refractivity contribution in [1.29, 1.82) is 0 Å². The minimum atomic E-state index is -2.71. The highest BCUT2D eigenvalue weighted by Crippen LogP contribution is 2.31. The lowest BCUT2D eigenvalue weighted by Crippen LogP contribution is -2.46. The van der Waals surface area contributed by atoms with Gasteiger partial charge in [-0.15, -0.1) is 0 Å². The Balaban J connectivity index is 1.53. The zero-order valence-corrected chi connectivity index (χ0v) is 17.9. The summed E-state index contributed by atoms with van der Waals surface area (Å²) in [6.45, 7) is 2.84. The van der Waals surface area contributed by atoms with Gasteiger partial charge in [-0.3, -0.25) is 4.79 Å². The molecule has 0 radical (unpaired) electrons. The molecule has 0 spiro atoms. The first-order chi connectivity index (χ1) is 15.5. The fourth-order valence-electron chi connectivity index (χ4n) is 4.02. The van der Waals surface area contributed by atoms with Gasteiger partial charge in [0.25, 0.3) is 18.1 Å². The van der Waals surface area contributed by atoms with Crippen molar-refractivity contribution in [2.24, 2.45) is 0 Å². The number of aromatic nitrogens is 4. The molecule has 1 aliphatic heterocycles. The first-order valence-electron chi connectivity index (χ1n) is 10.6. The molecule has 1 aliphatic rings. The normalized spacial score (nSPS) is 17.5. The van der Waals surface area contributed by atoms with E-state index in [2.05, 4.69) is 15.1 Å². The summed E-state index contributed by atoms with van der Waals surface area (Å²) < 4.78 is 39.4. The van der Waals surface area contributed by atoms with Crippen LogP contribution in [0.3, 0.4) is 0 Å². The van der Waals surface area contributed by atoms with Gasteiger partial charge in [-0.2, -0.15) is 14.6 Å². The molecule has 2 atom stereocenters. The van der Waals surface area contributed by atoms with Crippen LogP contribution in [-0.2, 0) is 4.79 Å². The smallest absolute Gasteiger partial charge is 0.280 e. The first kappa shape index (κ1) is 21.9. The summed E-state index contributed by atoms with van der Waals surface area (Å²) in [7, 11) is 1.55. The van der Waals surface area contributed by atoms with Crippen molar-refractivity contribution in [3.63, 3.8) is 0 Å². The lowest BCUT2D eigenvalue weighted by Gasteiger charge is -2.34. The number of rotatable bonds is 7. The molecule has 2 aromatic heterocycles. The molecular weight excluding hydrogens is 420 g/mol. The molecule has 0 bridgehead atoms. The third-order valence-corrected chi connectivity index (χ3v) is 5.66. The van der Waals surface area contributed by atoms with Crippen molar-refractivity contribution in [1.82, 2.24) is 24.5 Å². The number of halogens is 2. The number of fused-ring (bicyclic) bond motifs is 1. The lowest BCUT2D eigenvalue weighted by atomic mass is 9.93. The number of likely N-dealkylation sites (tertiary alicyclic amines) is 1. The number of nitrogens with zero attached hydrogens (tertiary/aromatic N) is 5. The number of piperidine rings is 1. The second-order valence-corrected chi connectivity index (χ2v) is 7.67. The Labute approximate surface area is 184 Å². The average molecular weight is 445 g/mol. The maximum atomic E-state index is 13.5. The van der Waals surface area contributed by atoms with Gasteiger partial charge in [-0.1, -0.05) is 19.1 Å². The maximum Gasteiger partial charge on any atom is 0.280 e. The summed E-state index contributed by atoms with van der Waals surface area (Å²) >= 11 is 0. The van der Waals surface area contributed by atoms with Gasteiger partial charge in [0.1, 0.15) is 12.0 Å². The van der Waals surface area contributed by atoms with E-state index in [9.17, 15) is 13.6 Å². The Kier molecular flexibility index (Phi) is 6.48. The predicted molar refractivity (Wildman–Crippen MR) is 112 cm³/mol. The van der Waals surface area contributed by atoms with Crippen molar-refractivity contribution in [3.05, 3.63) is 48.0 Å². The van der Waals surface area contributed by atoms with E-state index in [1.165, 1.54) is 12.4 Å². The number of alkyl halides is 2. The SMILES string of the molecule is CC[C@@H](Oc1ccccc1OC)C(=O)N1CCC[C@H](c2cc(C(F)F)n3ncnc3n2)C1. The topological polar surface area (TPSA) is 81.9 Å². The fraction of sp³-hybridized carbons (Fsp3) is 0.455. The van der Waals surface area contributed by atoms with Gasteiger partial charge in [0.05, 0.1) is 12.8 Å². The average Bonchev–Trinajstić information content (AvgIpc) is 3.30. The molecule has 4 rings (SSSR count). The quantitative estimate of drug-likeness (QED) is 0.552. The molecule has 0 N–H and O–H groups in total. The number of amides is 1. The highest BCUT2D eigenvalue weighted by Gasteiger charge is 2.32. The van der Waals surface area contributed by atoms with Crippen molar-refractivity contribution < 1.29 is 23.0 Å². The lowest BCUT2D eigenvalue weighted by molar-refractivity contribution is -0.140. The molecule has 1 amide bonds.